The summed E-state index contributed by atoms with van der Waals surface area (Å²) < 4.78 is 40.1. The van der Waals surface area contributed by atoms with Gasteiger partial charge in [-0.25, -0.2) is 13.4 Å². The number of hydrogen-bond acceptors (Lipinski definition) is 6. The molecule has 2 aliphatic rings. The fourth-order valence-corrected chi connectivity index (χ4v) is 5.19. The van der Waals surface area contributed by atoms with Crippen LogP contribution in [0.2, 0.25) is 0 Å². The summed E-state index contributed by atoms with van der Waals surface area (Å²) in [4.78, 5) is 8.00. The number of imidazole rings is 1. The fraction of sp³-hybridized carbons (Fsp3) is 0.529. The molecule has 0 unspecified atom stereocenters. The topological polar surface area (TPSA) is 86.6 Å². The van der Waals surface area contributed by atoms with Crippen LogP contribution in [0.4, 0.5) is 0 Å². The van der Waals surface area contributed by atoms with E-state index >= 15 is 0 Å². The molecule has 0 N–H and O–H groups in total. The Morgan fingerprint density at radius 3 is 2.96 bits per heavy atom. The maximum Gasteiger partial charge on any atom is 0.262 e. The largest absolute Gasteiger partial charge is 0.492 e. The summed E-state index contributed by atoms with van der Waals surface area (Å²) >= 11 is 0. The van der Waals surface area contributed by atoms with Crippen molar-refractivity contribution in [3.05, 3.63) is 37.1 Å². The molecule has 2 aromatic rings. The Hall–Kier alpha value is -1.97. The number of ether oxygens (including phenoxy) is 2. The molecule has 9 heteroatoms. The number of nitrogens with zero attached hydrogens (tertiary/aromatic N) is 4. The summed E-state index contributed by atoms with van der Waals surface area (Å²) in [5.74, 6) is 1.03. The van der Waals surface area contributed by atoms with Crippen molar-refractivity contribution in [3.63, 3.8) is 0 Å². The molecule has 0 amide bonds. The molecule has 2 saturated heterocycles. The highest BCUT2D eigenvalue weighted by Crippen LogP contribution is 2.43. The predicted molar refractivity (Wildman–Crippen MR) is 93.1 cm³/mol. The van der Waals surface area contributed by atoms with Gasteiger partial charge in [0.1, 0.15) is 5.75 Å². The van der Waals surface area contributed by atoms with Crippen LogP contribution in [0.25, 0.3) is 0 Å². The molecule has 8 nitrogen and oxygen atoms in total. The summed E-state index contributed by atoms with van der Waals surface area (Å²) in [6.45, 7) is 1.98. The summed E-state index contributed by atoms with van der Waals surface area (Å²) in [5, 5.41) is 0.0873. The third-order valence-electron chi connectivity index (χ3n) is 5.14. The Morgan fingerprint density at radius 2 is 2.27 bits per heavy atom. The first-order valence-corrected chi connectivity index (χ1v) is 10.1. The van der Waals surface area contributed by atoms with E-state index in [4.69, 9.17) is 9.47 Å². The first kappa shape index (κ1) is 17.4. The predicted octanol–water partition coefficient (Wildman–Crippen LogP) is 1.06. The van der Waals surface area contributed by atoms with Crippen molar-refractivity contribution in [3.8, 4) is 5.75 Å². The Morgan fingerprint density at radius 1 is 1.42 bits per heavy atom. The van der Waals surface area contributed by atoms with Crippen LogP contribution in [0.5, 0.6) is 5.75 Å². The number of hydrogen-bond donors (Lipinski definition) is 0. The van der Waals surface area contributed by atoms with Crippen LogP contribution in [0, 0.1) is 5.92 Å². The average Bonchev–Trinajstić information content (AvgIpc) is 3.21. The van der Waals surface area contributed by atoms with Gasteiger partial charge < -0.3 is 14.0 Å². The Balaban J connectivity index is 1.36. The van der Waals surface area contributed by atoms with Gasteiger partial charge >= 0.3 is 0 Å². The van der Waals surface area contributed by atoms with E-state index in [1.165, 1.54) is 16.8 Å². The molecule has 2 aromatic heterocycles. The Labute approximate surface area is 152 Å². The molecule has 1 atom stereocenters. The van der Waals surface area contributed by atoms with Crippen LogP contribution in [-0.4, -0.2) is 59.2 Å². The van der Waals surface area contributed by atoms with Gasteiger partial charge in [0, 0.05) is 39.1 Å². The molecule has 1 spiro atoms. The zero-order valence-corrected chi connectivity index (χ0v) is 15.4. The van der Waals surface area contributed by atoms with E-state index in [-0.39, 0.29) is 16.5 Å². The first-order valence-electron chi connectivity index (χ1n) is 8.64. The molecule has 4 heterocycles. The minimum atomic E-state index is -3.55. The summed E-state index contributed by atoms with van der Waals surface area (Å²) in [6, 6.07) is 3.71. The van der Waals surface area contributed by atoms with Gasteiger partial charge in [0.25, 0.3) is 10.0 Å². The van der Waals surface area contributed by atoms with Crippen molar-refractivity contribution >= 4 is 10.0 Å². The van der Waals surface area contributed by atoms with Gasteiger partial charge in [-0.15, -0.1) is 0 Å². The van der Waals surface area contributed by atoms with Gasteiger partial charge in [-0.1, -0.05) is 0 Å². The molecule has 2 fully saturated rings. The second-order valence-corrected chi connectivity index (χ2v) is 8.76. The van der Waals surface area contributed by atoms with Gasteiger partial charge in [-0.05, 0) is 30.9 Å². The highest BCUT2D eigenvalue weighted by molar-refractivity contribution is 7.89. The lowest BCUT2D eigenvalue weighted by atomic mass is 9.80. The van der Waals surface area contributed by atoms with Gasteiger partial charge in [0.2, 0.25) is 0 Å². The van der Waals surface area contributed by atoms with Gasteiger partial charge in [0.15, 0.2) is 5.03 Å². The molecule has 0 saturated carbocycles. The van der Waals surface area contributed by atoms with Gasteiger partial charge in [0.05, 0.1) is 24.7 Å². The molecule has 26 heavy (non-hydrogen) atoms. The van der Waals surface area contributed by atoms with E-state index in [1.807, 2.05) is 12.1 Å². The molecule has 0 aliphatic carbocycles. The van der Waals surface area contributed by atoms with Crippen molar-refractivity contribution in [1.82, 2.24) is 18.8 Å². The highest BCUT2D eigenvalue weighted by Gasteiger charge is 2.56. The van der Waals surface area contributed by atoms with Crippen molar-refractivity contribution in [2.75, 3.05) is 26.3 Å². The van der Waals surface area contributed by atoms with Crippen LogP contribution < -0.4 is 4.74 Å². The van der Waals surface area contributed by atoms with Crippen LogP contribution in [0.3, 0.4) is 0 Å². The summed E-state index contributed by atoms with van der Waals surface area (Å²) in [6.07, 6.45) is 8.16. The SMILES string of the molecule is Cn1cnc(S(=O)(=O)N2CC3(C2)OCC[C@@H]3CCOc2cccnc2)c1. The molecule has 0 bridgehead atoms. The maximum atomic E-state index is 12.6. The van der Waals surface area contributed by atoms with Crippen LogP contribution in [-0.2, 0) is 21.8 Å². The second-order valence-electron chi connectivity index (χ2n) is 6.88. The first-order chi connectivity index (χ1) is 12.5. The molecule has 2 aliphatic heterocycles. The maximum absolute atomic E-state index is 12.6. The molecular formula is C17H22N4O4S. The number of aryl methyl sites for hydroxylation is 1. The average molecular weight is 378 g/mol. The quantitative estimate of drug-likeness (QED) is 0.747. The van der Waals surface area contributed by atoms with Crippen molar-refractivity contribution in [2.24, 2.45) is 13.0 Å². The van der Waals surface area contributed by atoms with Crippen molar-refractivity contribution < 1.29 is 17.9 Å². The minimum Gasteiger partial charge on any atom is -0.492 e. The van der Waals surface area contributed by atoms with E-state index in [2.05, 4.69) is 9.97 Å². The van der Waals surface area contributed by atoms with Gasteiger partial charge in [-0.3, -0.25) is 4.98 Å². The molecule has 4 rings (SSSR count). The minimum absolute atomic E-state index is 0.0873. The monoisotopic (exact) mass is 378 g/mol. The second kappa shape index (κ2) is 6.64. The van der Waals surface area contributed by atoms with E-state index in [0.717, 1.165) is 18.6 Å². The third-order valence-corrected chi connectivity index (χ3v) is 6.82. The molecule has 0 aromatic carbocycles. The molecule has 0 radical (unpaired) electrons. The Kier molecular flexibility index (Phi) is 4.45. The van der Waals surface area contributed by atoms with E-state index in [1.54, 1.807) is 24.0 Å². The van der Waals surface area contributed by atoms with Crippen LogP contribution in [0.15, 0.2) is 42.1 Å². The molecule has 140 valence electrons. The van der Waals surface area contributed by atoms with Crippen molar-refractivity contribution in [1.29, 1.82) is 0 Å². The van der Waals surface area contributed by atoms with Gasteiger partial charge in [-0.2, -0.15) is 4.31 Å². The van der Waals surface area contributed by atoms with Crippen LogP contribution >= 0.6 is 0 Å². The zero-order valence-electron chi connectivity index (χ0n) is 14.6. The summed E-state index contributed by atoms with van der Waals surface area (Å²) in [7, 11) is -1.80. The number of aromatic nitrogens is 3. The Bertz CT molecular complexity index is 862. The fourth-order valence-electron chi connectivity index (χ4n) is 3.67. The smallest absolute Gasteiger partial charge is 0.262 e. The lowest BCUT2D eigenvalue weighted by molar-refractivity contribution is -0.104. The van der Waals surface area contributed by atoms with E-state index < -0.39 is 10.0 Å². The number of rotatable bonds is 6. The number of sulfonamides is 1. The molecular weight excluding hydrogens is 356 g/mol. The van der Waals surface area contributed by atoms with E-state index in [0.29, 0.717) is 26.3 Å². The van der Waals surface area contributed by atoms with Crippen molar-refractivity contribution in [2.45, 2.75) is 23.5 Å². The number of pyridine rings is 1. The summed E-state index contributed by atoms with van der Waals surface area (Å²) in [5.41, 5.74) is -0.389. The third kappa shape index (κ3) is 3.10. The lowest BCUT2D eigenvalue weighted by Crippen LogP contribution is -2.66. The highest BCUT2D eigenvalue weighted by atomic mass is 32.2. The zero-order chi connectivity index (χ0) is 18.2. The standard InChI is InChI=1S/C17H22N4O4S/c1-20-10-16(19-13-20)26(22,23)21-11-17(12-21)14(5-8-25-17)4-7-24-15-3-2-6-18-9-15/h2-3,6,9-10,13-14H,4-5,7-8,11-12H2,1H3/t14-/m0/s1. The van der Waals surface area contributed by atoms with Crippen LogP contribution in [0.1, 0.15) is 12.8 Å². The lowest BCUT2D eigenvalue weighted by Gasteiger charge is -2.48. The van der Waals surface area contributed by atoms with E-state index in [9.17, 15) is 8.42 Å². The normalized spacial score (nSPS) is 22.4.